The van der Waals surface area contributed by atoms with Gasteiger partial charge in [0.1, 0.15) is 23.7 Å². The van der Waals surface area contributed by atoms with E-state index in [9.17, 15) is 18.8 Å². The number of amides is 1. The number of methoxy groups -OCH3 is 1. The van der Waals surface area contributed by atoms with Crippen molar-refractivity contribution in [1.82, 2.24) is 0 Å². The van der Waals surface area contributed by atoms with Gasteiger partial charge in [0, 0.05) is 22.9 Å². The van der Waals surface area contributed by atoms with Crippen molar-refractivity contribution in [2.75, 3.05) is 12.4 Å². The van der Waals surface area contributed by atoms with Gasteiger partial charge in [0.05, 0.1) is 17.2 Å². The fourth-order valence-electron chi connectivity index (χ4n) is 3.39. The molecule has 0 radical (unpaired) electrons. The van der Waals surface area contributed by atoms with Crippen LogP contribution in [0.2, 0.25) is 10.0 Å². The summed E-state index contributed by atoms with van der Waals surface area (Å²) in [5.74, 6) is -2.24. The second kappa shape index (κ2) is 10.8. The number of anilines is 1. The average Bonchev–Trinajstić information content (AvgIpc) is 2.75. The van der Waals surface area contributed by atoms with Gasteiger partial charge in [-0.3, -0.25) is 14.4 Å². The lowest BCUT2D eigenvalue weighted by Crippen LogP contribution is -2.15. The Labute approximate surface area is 210 Å². The predicted molar refractivity (Wildman–Crippen MR) is 130 cm³/mol. The van der Waals surface area contributed by atoms with E-state index in [0.717, 1.165) is 6.07 Å². The first-order chi connectivity index (χ1) is 16.5. The average molecular weight is 520 g/mol. The van der Waals surface area contributed by atoms with Crippen LogP contribution in [-0.2, 0) is 9.59 Å². The second-order valence-electron chi connectivity index (χ2n) is 7.64. The third-order valence-electron chi connectivity index (χ3n) is 4.89. The van der Waals surface area contributed by atoms with Crippen LogP contribution in [0, 0.1) is 19.7 Å². The minimum atomic E-state index is -1.27. The first-order valence-electron chi connectivity index (χ1n) is 10.2. The number of benzene rings is 3. The number of hydrogen-bond acceptors (Lipinski definition) is 5. The van der Waals surface area contributed by atoms with Gasteiger partial charge in [-0.05, 0) is 61.4 Å². The molecule has 0 unspecified atom stereocenters. The van der Waals surface area contributed by atoms with Crippen molar-refractivity contribution in [3.8, 4) is 17.2 Å². The Morgan fingerprint density at radius 2 is 1.49 bits per heavy atom. The summed E-state index contributed by atoms with van der Waals surface area (Å²) in [6.45, 7) is 3.46. The Kier molecular flexibility index (Phi) is 7.99. The molecular weight excluding hydrogens is 500 g/mol. The molecule has 3 aromatic carbocycles. The fourth-order valence-corrected chi connectivity index (χ4v) is 3.96. The number of carbonyl (C=O) groups excluding carboxylic acids is 2. The van der Waals surface area contributed by atoms with E-state index in [4.69, 9.17) is 37.8 Å². The van der Waals surface area contributed by atoms with E-state index >= 15 is 0 Å². The normalized spacial score (nSPS) is 10.6. The third-order valence-corrected chi connectivity index (χ3v) is 5.45. The molecule has 1 amide bonds. The van der Waals surface area contributed by atoms with E-state index in [-0.39, 0.29) is 32.8 Å². The van der Waals surface area contributed by atoms with Crippen molar-refractivity contribution < 1.29 is 33.4 Å². The van der Waals surface area contributed by atoms with Crippen molar-refractivity contribution in [1.29, 1.82) is 0 Å². The summed E-state index contributed by atoms with van der Waals surface area (Å²) in [5, 5.41) is 11.3. The van der Waals surface area contributed by atoms with Crippen molar-refractivity contribution in [3.05, 3.63) is 80.6 Å². The first-order valence-corrected chi connectivity index (χ1v) is 10.9. The van der Waals surface area contributed by atoms with Gasteiger partial charge in [0.25, 0.3) is 0 Å². The highest BCUT2D eigenvalue weighted by molar-refractivity contribution is 6.37. The number of carbonyl (C=O) groups is 3. The zero-order valence-corrected chi connectivity index (χ0v) is 20.4. The topological polar surface area (TPSA) is 102 Å². The van der Waals surface area contributed by atoms with Crippen LogP contribution in [0.1, 0.15) is 33.5 Å². The summed E-state index contributed by atoms with van der Waals surface area (Å²) in [6.07, 6.45) is -0.709. The Morgan fingerprint density at radius 1 is 0.914 bits per heavy atom. The van der Waals surface area contributed by atoms with Crippen molar-refractivity contribution in [2.24, 2.45) is 0 Å². The first kappa shape index (κ1) is 26.0. The number of halogens is 3. The lowest BCUT2D eigenvalue weighted by atomic mass is 9.98. The van der Waals surface area contributed by atoms with Crippen molar-refractivity contribution in [3.63, 3.8) is 0 Å². The molecule has 0 atom stereocenters. The monoisotopic (exact) mass is 519 g/mol. The van der Waals surface area contributed by atoms with Crippen LogP contribution in [0.3, 0.4) is 0 Å². The molecule has 3 rings (SSSR count). The molecule has 7 nitrogen and oxygen atoms in total. The number of hydrogen-bond donors (Lipinski definition) is 2. The molecule has 35 heavy (non-hydrogen) atoms. The lowest BCUT2D eigenvalue weighted by Gasteiger charge is -2.16. The number of carboxylic acids is 1. The molecule has 0 bridgehead atoms. The van der Waals surface area contributed by atoms with Gasteiger partial charge in [0.15, 0.2) is 11.5 Å². The molecule has 0 spiro atoms. The van der Waals surface area contributed by atoms with Crippen LogP contribution in [0.5, 0.6) is 17.2 Å². The standard InChI is InChI=1S/C25H20Cl2FNO6/c1-12-4-14(23(33)15-6-16(28)8-18(7-15)34-3)5-13(2)24(12)35-25-19(26)9-17(10-20(25)27)29-21(30)11-22(31)32/h4-10H,11H2,1-3H3,(H,29,30)(H,31,32). The van der Waals surface area contributed by atoms with Crippen LogP contribution >= 0.6 is 23.2 Å². The van der Waals surface area contributed by atoms with Crippen LogP contribution < -0.4 is 14.8 Å². The molecular formula is C25H20Cl2FNO6. The highest BCUT2D eigenvalue weighted by Gasteiger charge is 2.19. The van der Waals surface area contributed by atoms with Crippen LogP contribution in [0.25, 0.3) is 0 Å². The van der Waals surface area contributed by atoms with Gasteiger partial charge in [-0.15, -0.1) is 0 Å². The van der Waals surface area contributed by atoms with Crippen molar-refractivity contribution in [2.45, 2.75) is 20.3 Å². The number of aryl methyl sites for hydroxylation is 2. The largest absolute Gasteiger partial charge is 0.497 e. The van der Waals surface area contributed by atoms with Gasteiger partial charge in [0.2, 0.25) is 5.91 Å². The molecule has 0 fully saturated rings. The SMILES string of the molecule is COc1cc(F)cc(C(=O)c2cc(C)c(Oc3c(Cl)cc(NC(=O)CC(=O)O)cc3Cl)c(C)c2)c1. The number of carboxylic acid groups (broad SMARTS) is 1. The van der Waals surface area contributed by atoms with E-state index < -0.39 is 29.9 Å². The zero-order valence-electron chi connectivity index (χ0n) is 18.9. The Morgan fingerprint density at radius 3 is 2.03 bits per heavy atom. The summed E-state index contributed by atoms with van der Waals surface area (Å²) < 4.78 is 24.9. The third kappa shape index (κ3) is 6.29. The number of aliphatic carboxylic acids is 1. The summed E-state index contributed by atoms with van der Waals surface area (Å²) in [5.41, 5.74) is 1.87. The minimum absolute atomic E-state index is 0.0777. The summed E-state index contributed by atoms with van der Waals surface area (Å²) in [7, 11) is 1.39. The molecule has 182 valence electrons. The molecule has 2 N–H and O–H groups in total. The van der Waals surface area contributed by atoms with Gasteiger partial charge in [-0.2, -0.15) is 0 Å². The smallest absolute Gasteiger partial charge is 0.312 e. The van der Waals surface area contributed by atoms with Gasteiger partial charge in [-0.1, -0.05) is 23.2 Å². The van der Waals surface area contributed by atoms with Crippen LogP contribution in [0.15, 0.2) is 42.5 Å². The van der Waals surface area contributed by atoms with Gasteiger partial charge >= 0.3 is 5.97 Å². The quantitative estimate of drug-likeness (QED) is 0.271. The number of ketones is 1. The van der Waals surface area contributed by atoms with Gasteiger partial charge < -0.3 is 19.9 Å². The molecule has 3 aromatic rings. The molecule has 0 aliphatic heterocycles. The summed E-state index contributed by atoms with van der Waals surface area (Å²) in [6, 6.07) is 9.73. The summed E-state index contributed by atoms with van der Waals surface area (Å²) >= 11 is 12.6. The highest BCUT2D eigenvalue weighted by Crippen LogP contribution is 2.41. The second-order valence-corrected chi connectivity index (χ2v) is 8.45. The number of nitrogens with one attached hydrogen (secondary N) is 1. The Bertz CT molecular complexity index is 1300. The molecule has 10 heteroatoms. The highest BCUT2D eigenvalue weighted by atomic mass is 35.5. The number of rotatable bonds is 8. The lowest BCUT2D eigenvalue weighted by molar-refractivity contribution is -0.139. The van der Waals surface area contributed by atoms with Crippen LogP contribution in [0.4, 0.5) is 10.1 Å². The van der Waals surface area contributed by atoms with Crippen LogP contribution in [-0.4, -0.2) is 29.9 Å². The number of ether oxygens (including phenoxy) is 2. The fraction of sp³-hybridized carbons (Fsp3) is 0.160. The molecule has 0 aromatic heterocycles. The maximum Gasteiger partial charge on any atom is 0.312 e. The maximum atomic E-state index is 13.9. The molecule has 0 aliphatic rings. The Hall–Kier alpha value is -3.62. The summed E-state index contributed by atoms with van der Waals surface area (Å²) in [4.78, 5) is 35.3. The van der Waals surface area contributed by atoms with E-state index in [1.54, 1.807) is 26.0 Å². The van der Waals surface area contributed by atoms with E-state index in [1.807, 2.05) is 0 Å². The van der Waals surface area contributed by atoms with Gasteiger partial charge in [-0.25, -0.2) is 4.39 Å². The predicted octanol–water partition coefficient (Wildman–Crippen LogP) is 6.19. The Balaban J connectivity index is 1.88. The van der Waals surface area contributed by atoms with E-state index in [2.05, 4.69) is 5.32 Å². The molecule has 0 saturated carbocycles. The van der Waals surface area contributed by atoms with E-state index in [0.29, 0.717) is 22.4 Å². The van der Waals surface area contributed by atoms with Crippen molar-refractivity contribution >= 4 is 46.5 Å². The molecule has 0 heterocycles. The molecule has 0 aliphatic carbocycles. The minimum Gasteiger partial charge on any atom is -0.497 e. The zero-order chi connectivity index (χ0) is 25.9. The maximum absolute atomic E-state index is 13.9. The molecule has 0 saturated heterocycles. The van der Waals surface area contributed by atoms with E-state index in [1.165, 1.54) is 31.4 Å².